The first-order valence-electron chi connectivity index (χ1n) is 5.71. The second-order valence-electron chi connectivity index (χ2n) is 4.53. The normalized spacial score (nSPS) is 17.2. The molecule has 7 nitrogen and oxygen atoms in total. The minimum absolute atomic E-state index is 0.0628. The van der Waals surface area contributed by atoms with Gasteiger partial charge in [0.2, 0.25) is 5.91 Å². The van der Waals surface area contributed by atoms with Crippen LogP contribution in [0.3, 0.4) is 0 Å². The van der Waals surface area contributed by atoms with Crippen LogP contribution in [0.5, 0.6) is 0 Å². The van der Waals surface area contributed by atoms with Gasteiger partial charge < -0.3 is 15.7 Å². The van der Waals surface area contributed by atoms with Crippen LogP contribution < -0.4 is 10.6 Å². The van der Waals surface area contributed by atoms with Gasteiger partial charge in [-0.3, -0.25) is 4.79 Å². The largest absolute Gasteiger partial charge is 0.480 e. The predicted molar refractivity (Wildman–Crippen MR) is 64.9 cm³/mol. The van der Waals surface area contributed by atoms with Crippen molar-refractivity contribution in [2.75, 3.05) is 18.6 Å². The molecule has 1 fully saturated rings. The molecule has 0 aromatic rings. The molecule has 0 saturated heterocycles. The molecular weight excluding hydrogens is 260 g/mol. The van der Waals surface area contributed by atoms with Gasteiger partial charge in [-0.25, -0.2) is 13.2 Å². The van der Waals surface area contributed by atoms with Gasteiger partial charge >= 0.3 is 5.97 Å². The van der Waals surface area contributed by atoms with Crippen LogP contribution in [0.1, 0.15) is 19.3 Å². The summed E-state index contributed by atoms with van der Waals surface area (Å²) in [5, 5.41) is 14.1. The number of hydrogen-bond donors (Lipinski definition) is 3. The molecular formula is C10H18N2O5S. The quantitative estimate of drug-likeness (QED) is 0.511. The molecule has 18 heavy (non-hydrogen) atoms. The number of sulfone groups is 1. The van der Waals surface area contributed by atoms with Crippen molar-refractivity contribution in [3.8, 4) is 0 Å². The van der Waals surface area contributed by atoms with E-state index in [1.807, 2.05) is 0 Å². The zero-order valence-corrected chi connectivity index (χ0v) is 11.0. The van der Waals surface area contributed by atoms with Gasteiger partial charge in [0.25, 0.3) is 0 Å². The minimum atomic E-state index is -3.23. The van der Waals surface area contributed by atoms with Crippen molar-refractivity contribution in [1.29, 1.82) is 0 Å². The molecule has 1 atom stereocenters. The molecule has 0 aromatic heterocycles. The number of hydrogen-bond acceptors (Lipinski definition) is 5. The van der Waals surface area contributed by atoms with Crippen molar-refractivity contribution in [3.63, 3.8) is 0 Å². The molecule has 0 aliphatic heterocycles. The standard InChI is InChI=1S/C10H18N2O5S/c1-18(16,17)5-4-8(10(14)15)12-9(13)6-11-7-2-3-7/h7-8,11H,2-6H2,1H3,(H,12,13)(H,14,15). The van der Waals surface area contributed by atoms with E-state index in [0.29, 0.717) is 6.04 Å². The topological polar surface area (TPSA) is 113 Å². The van der Waals surface area contributed by atoms with Crippen molar-refractivity contribution in [2.45, 2.75) is 31.3 Å². The van der Waals surface area contributed by atoms with Crippen LogP contribution in [0.25, 0.3) is 0 Å². The van der Waals surface area contributed by atoms with Crippen molar-refractivity contribution in [3.05, 3.63) is 0 Å². The number of amides is 1. The number of rotatable bonds is 8. The van der Waals surface area contributed by atoms with E-state index in [2.05, 4.69) is 10.6 Å². The fourth-order valence-corrected chi connectivity index (χ4v) is 2.02. The maximum atomic E-state index is 11.4. The third kappa shape index (κ3) is 6.55. The van der Waals surface area contributed by atoms with Crippen LogP contribution in [-0.2, 0) is 19.4 Å². The lowest BCUT2D eigenvalue weighted by atomic mass is 10.2. The van der Waals surface area contributed by atoms with Gasteiger partial charge in [0, 0.05) is 12.3 Å². The summed E-state index contributed by atoms with van der Waals surface area (Å²) < 4.78 is 21.9. The highest BCUT2D eigenvalue weighted by molar-refractivity contribution is 7.90. The monoisotopic (exact) mass is 278 g/mol. The molecule has 1 unspecified atom stereocenters. The summed E-state index contributed by atoms with van der Waals surface area (Å²) in [7, 11) is -3.23. The summed E-state index contributed by atoms with van der Waals surface area (Å²) in [4.78, 5) is 22.3. The van der Waals surface area contributed by atoms with E-state index in [4.69, 9.17) is 5.11 Å². The molecule has 1 aliphatic carbocycles. The van der Waals surface area contributed by atoms with Gasteiger partial charge in [-0.15, -0.1) is 0 Å². The van der Waals surface area contributed by atoms with Crippen LogP contribution in [0, 0.1) is 0 Å². The third-order valence-corrected chi connectivity index (χ3v) is 3.52. The van der Waals surface area contributed by atoms with Crippen LogP contribution in [0.15, 0.2) is 0 Å². The van der Waals surface area contributed by atoms with E-state index in [9.17, 15) is 18.0 Å². The Morgan fingerprint density at radius 3 is 2.44 bits per heavy atom. The lowest BCUT2D eigenvalue weighted by molar-refractivity contribution is -0.141. The van der Waals surface area contributed by atoms with Gasteiger partial charge in [-0.05, 0) is 19.3 Å². The van der Waals surface area contributed by atoms with E-state index in [0.717, 1.165) is 19.1 Å². The van der Waals surface area contributed by atoms with Crippen LogP contribution in [0.2, 0.25) is 0 Å². The maximum Gasteiger partial charge on any atom is 0.326 e. The summed E-state index contributed by atoms with van der Waals surface area (Å²) in [6.07, 6.45) is 2.97. The van der Waals surface area contributed by atoms with Crippen LogP contribution in [-0.4, -0.2) is 56.0 Å². The van der Waals surface area contributed by atoms with E-state index in [-0.39, 0.29) is 18.7 Å². The number of carboxylic acids is 1. The van der Waals surface area contributed by atoms with E-state index in [1.54, 1.807) is 0 Å². The summed E-state index contributed by atoms with van der Waals surface area (Å²) in [6.45, 7) is 0.0628. The molecule has 0 bridgehead atoms. The predicted octanol–water partition coefficient (Wildman–Crippen LogP) is -1.26. The Hall–Kier alpha value is -1.15. The second-order valence-corrected chi connectivity index (χ2v) is 6.79. The Kier molecular flexibility index (Phi) is 5.09. The zero-order valence-electron chi connectivity index (χ0n) is 10.2. The molecule has 0 spiro atoms. The smallest absolute Gasteiger partial charge is 0.326 e. The molecule has 8 heteroatoms. The van der Waals surface area contributed by atoms with Crippen molar-refractivity contribution < 1.29 is 23.1 Å². The van der Waals surface area contributed by atoms with Gasteiger partial charge in [-0.2, -0.15) is 0 Å². The Morgan fingerprint density at radius 1 is 1.39 bits per heavy atom. The molecule has 0 radical (unpaired) electrons. The van der Waals surface area contributed by atoms with Crippen molar-refractivity contribution >= 4 is 21.7 Å². The number of aliphatic carboxylic acids is 1. The highest BCUT2D eigenvalue weighted by atomic mass is 32.2. The number of carboxylic acid groups (broad SMARTS) is 1. The Balaban J connectivity index is 2.35. The molecule has 1 saturated carbocycles. The molecule has 0 heterocycles. The summed E-state index contributed by atoms with van der Waals surface area (Å²) >= 11 is 0. The molecule has 1 amide bonds. The average molecular weight is 278 g/mol. The number of carbonyl (C=O) groups is 2. The molecule has 0 aromatic carbocycles. The van der Waals surface area contributed by atoms with Crippen LogP contribution >= 0.6 is 0 Å². The Bertz CT molecular complexity index is 416. The van der Waals surface area contributed by atoms with E-state index in [1.165, 1.54) is 0 Å². The fourth-order valence-electron chi connectivity index (χ4n) is 1.36. The lowest BCUT2D eigenvalue weighted by Crippen LogP contribution is -2.45. The van der Waals surface area contributed by atoms with E-state index < -0.39 is 27.8 Å². The first-order valence-corrected chi connectivity index (χ1v) is 7.77. The first-order chi connectivity index (χ1) is 8.28. The number of carbonyl (C=O) groups excluding carboxylic acids is 1. The maximum absolute atomic E-state index is 11.4. The summed E-state index contributed by atoms with van der Waals surface area (Å²) in [5.74, 6) is -1.92. The van der Waals surface area contributed by atoms with Crippen molar-refractivity contribution in [2.24, 2.45) is 0 Å². The highest BCUT2D eigenvalue weighted by Gasteiger charge is 2.24. The highest BCUT2D eigenvalue weighted by Crippen LogP contribution is 2.17. The number of nitrogens with one attached hydrogen (secondary N) is 2. The lowest BCUT2D eigenvalue weighted by Gasteiger charge is -2.14. The van der Waals surface area contributed by atoms with Gasteiger partial charge in [0.05, 0.1) is 12.3 Å². The summed E-state index contributed by atoms with van der Waals surface area (Å²) in [6, 6.07) is -0.803. The second kappa shape index (κ2) is 6.14. The molecule has 104 valence electrons. The molecule has 1 aliphatic rings. The SMILES string of the molecule is CS(=O)(=O)CCC(NC(=O)CNC1CC1)C(=O)O. The zero-order chi connectivity index (χ0) is 13.8. The van der Waals surface area contributed by atoms with Crippen molar-refractivity contribution in [1.82, 2.24) is 10.6 Å². The Labute approximate surface area is 106 Å². The first kappa shape index (κ1) is 14.9. The van der Waals surface area contributed by atoms with Gasteiger partial charge in [-0.1, -0.05) is 0 Å². The summed E-state index contributed by atoms with van der Waals surface area (Å²) in [5.41, 5.74) is 0. The molecule has 3 N–H and O–H groups in total. The minimum Gasteiger partial charge on any atom is -0.480 e. The third-order valence-electron chi connectivity index (χ3n) is 2.54. The molecule has 1 rings (SSSR count). The fraction of sp³-hybridized carbons (Fsp3) is 0.800. The van der Waals surface area contributed by atoms with E-state index >= 15 is 0 Å². The average Bonchev–Trinajstić information content (AvgIpc) is 3.03. The van der Waals surface area contributed by atoms with Crippen LogP contribution in [0.4, 0.5) is 0 Å². The van der Waals surface area contributed by atoms with Gasteiger partial charge in [0.15, 0.2) is 0 Å². The van der Waals surface area contributed by atoms with Gasteiger partial charge in [0.1, 0.15) is 15.9 Å². The Morgan fingerprint density at radius 2 is 2.00 bits per heavy atom.